The molecule has 0 aromatic heterocycles. The van der Waals surface area contributed by atoms with Gasteiger partial charge in [0.2, 0.25) is 0 Å². The number of fused-ring (bicyclic) bond motifs is 3. The monoisotopic (exact) mass is 240 g/mol. The maximum atomic E-state index is 6.35. The molecule has 3 aliphatic rings. The first-order valence-corrected chi connectivity index (χ1v) is 7.52. The number of hydrogen-bond donors (Lipinski definition) is 1. The van der Waals surface area contributed by atoms with E-state index in [1.54, 1.807) is 0 Å². The van der Waals surface area contributed by atoms with Crippen molar-refractivity contribution in [3.63, 3.8) is 0 Å². The Bertz CT molecular complexity index is 267. The molecule has 0 radical (unpaired) electrons. The minimum atomic E-state index is 0.465. The maximum Gasteiger partial charge on any atom is 0.0729 e. The third-order valence-electron chi connectivity index (χ3n) is 5.28. The van der Waals surface area contributed by atoms with Gasteiger partial charge in [-0.1, -0.05) is 20.3 Å². The summed E-state index contributed by atoms with van der Waals surface area (Å²) in [5.74, 6) is 3.30. The molecule has 2 saturated carbocycles. The molecule has 1 heterocycles. The highest BCUT2D eigenvalue weighted by Crippen LogP contribution is 2.50. The summed E-state index contributed by atoms with van der Waals surface area (Å²) in [6.07, 6.45) is 7.90. The third-order valence-corrected chi connectivity index (χ3v) is 6.09. The fourth-order valence-electron chi connectivity index (χ4n) is 4.21. The first kappa shape index (κ1) is 11.4. The summed E-state index contributed by atoms with van der Waals surface area (Å²) in [5, 5.41) is 0.486. The van der Waals surface area contributed by atoms with Crippen LogP contribution in [0.5, 0.6) is 0 Å². The van der Waals surface area contributed by atoms with E-state index in [-0.39, 0.29) is 0 Å². The van der Waals surface area contributed by atoms with E-state index < -0.39 is 0 Å². The van der Waals surface area contributed by atoms with Crippen molar-refractivity contribution >= 4 is 12.6 Å². The molecule has 1 saturated heterocycles. The van der Waals surface area contributed by atoms with Gasteiger partial charge in [0, 0.05) is 5.25 Å². The second-order valence-electron chi connectivity index (χ2n) is 6.43. The second-order valence-corrected chi connectivity index (χ2v) is 7.03. The fraction of sp³-hybridized carbons (Fsp3) is 1.00. The zero-order valence-electron chi connectivity index (χ0n) is 10.4. The molecule has 0 aromatic rings. The Morgan fingerprint density at radius 3 is 2.56 bits per heavy atom. The first-order valence-electron chi connectivity index (χ1n) is 7.00. The molecule has 0 bridgehead atoms. The van der Waals surface area contributed by atoms with Crippen LogP contribution in [0.2, 0.25) is 0 Å². The number of rotatable bonds is 0. The summed E-state index contributed by atoms with van der Waals surface area (Å²) >= 11 is 4.81. The number of hydrogen-bond acceptors (Lipinski definition) is 2. The third kappa shape index (κ3) is 1.73. The van der Waals surface area contributed by atoms with Crippen molar-refractivity contribution in [1.82, 2.24) is 0 Å². The fourth-order valence-corrected chi connectivity index (χ4v) is 4.65. The molecule has 7 atom stereocenters. The molecule has 0 spiro atoms. The van der Waals surface area contributed by atoms with Crippen LogP contribution in [0.25, 0.3) is 0 Å². The minimum Gasteiger partial charge on any atom is -0.373 e. The lowest BCUT2D eigenvalue weighted by Gasteiger charge is -2.36. The molecular formula is C14H24OS. The van der Waals surface area contributed by atoms with Crippen molar-refractivity contribution in [2.45, 2.75) is 63.4 Å². The molecule has 2 heteroatoms. The largest absolute Gasteiger partial charge is 0.373 e. The summed E-state index contributed by atoms with van der Waals surface area (Å²) in [5.41, 5.74) is 0. The molecule has 3 fully saturated rings. The summed E-state index contributed by atoms with van der Waals surface area (Å²) in [7, 11) is 0. The van der Waals surface area contributed by atoms with Crippen LogP contribution in [0.15, 0.2) is 0 Å². The Hall–Kier alpha value is 0.310. The molecule has 1 nitrogen and oxygen atoms in total. The van der Waals surface area contributed by atoms with Crippen LogP contribution in [0.4, 0.5) is 0 Å². The van der Waals surface area contributed by atoms with Crippen molar-refractivity contribution in [2.75, 3.05) is 0 Å². The molecule has 7 unspecified atom stereocenters. The molecule has 92 valence electrons. The van der Waals surface area contributed by atoms with E-state index >= 15 is 0 Å². The highest BCUT2D eigenvalue weighted by Gasteiger charge is 2.50. The van der Waals surface area contributed by atoms with E-state index in [0.717, 1.165) is 23.7 Å². The zero-order valence-corrected chi connectivity index (χ0v) is 11.3. The molecule has 16 heavy (non-hydrogen) atoms. The average molecular weight is 240 g/mol. The maximum absolute atomic E-state index is 6.35. The van der Waals surface area contributed by atoms with Crippen LogP contribution in [0, 0.1) is 23.7 Å². The van der Waals surface area contributed by atoms with Crippen molar-refractivity contribution < 1.29 is 4.74 Å². The van der Waals surface area contributed by atoms with Gasteiger partial charge in [0.05, 0.1) is 12.2 Å². The lowest BCUT2D eigenvalue weighted by atomic mass is 9.69. The van der Waals surface area contributed by atoms with Gasteiger partial charge < -0.3 is 4.74 Å². The second kappa shape index (κ2) is 4.20. The molecule has 0 aromatic carbocycles. The lowest BCUT2D eigenvalue weighted by molar-refractivity contribution is -0.00576. The standard InChI is InChI=1S/C14H24OS/c1-8-3-5-10-11-6-4-9(2)14(16)13(11)15-12(10)7-8/h8-14,16H,3-7H2,1-2H3. The van der Waals surface area contributed by atoms with Gasteiger partial charge in [-0.05, 0) is 49.4 Å². The highest BCUT2D eigenvalue weighted by atomic mass is 32.1. The SMILES string of the molecule is CC1CCC2C(C1)OC1C(S)C(C)CCC21. The van der Waals surface area contributed by atoms with Crippen LogP contribution in [0.1, 0.15) is 46.0 Å². The smallest absolute Gasteiger partial charge is 0.0729 e. The Morgan fingerprint density at radius 2 is 1.75 bits per heavy atom. The highest BCUT2D eigenvalue weighted by molar-refractivity contribution is 7.81. The quantitative estimate of drug-likeness (QED) is 0.637. The molecule has 1 aliphatic heterocycles. The van der Waals surface area contributed by atoms with Crippen LogP contribution >= 0.6 is 12.6 Å². The van der Waals surface area contributed by atoms with Gasteiger partial charge in [0.15, 0.2) is 0 Å². The van der Waals surface area contributed by atoms with Gasteiger partial charge in [-0.15, -0.1) is 0 Å². The van der Waals surface area contributed by atoms with Gasteiger partial charge in [-0.3, -0.25) is 0 Å². The topological polar surface area (TPSA) is 9.23 Å². The summed E-state index contributed by atoms with van der Waals surface area (Å²) < 4.78 is 6.35. The Balaban J connectivity index is 1.77. The van der Waals surface area contributed by atoms with Gasteiger partial charge in [-0.2, -0.15) is 12.6 Å². The van der Waals surface area contributed by atoms with Gasteiger partial charge in [0.25, 0.3) is 0 Å². The van der Waals surface area contributed by atoms with E-state index in [0.29, 0.717) is 17.5 Å². The molecule has 2 aliphatic carbocycles. The lowest BCUT2D eigenvalue weighted by Crippen LogP contribution is -2.38. The number of ether oxygens (including phenoxy) is 1. The summed E-state index contributed by atoms with van der Waals surface area (Å²) in [6, 6.07) is 0. The Kier molecular flexibility index (Phi) is 3.00. The summed E-state index contributed by atoms with van der Waals surface area (Å²) in [4.78, 5) is 0. The van der Waals surface area contributed by atoms with Crippen LogP contribution in [-0.2, 0) is 4.74 Å². The van der Waals surface area contributed by atoms with E-state index in [4.69, 9.17) is 17.4 Å². The normalized spacial score (nSPS) is 56.8. The van der Waals surface area contributed by atoms with Crippen molar-refractivity contribution in [3.05, 3.63) is 0 Å². The molecule has 0 N–H and O–H groups in total. The molecule has 0 amide bonds. The van der Waals surface area contributed by atoms with Crippen molar-refractivity contribution in [2.24, 2.45) is 23.7 Å². The Labute approximate surface area is 105 Å². The molecular weight excluding hydrogens is 216 g/mol. The zero-order chi connectivity index (χ0) is 11.3. The summed E-state index contributed by atoms with van der Waals surface area (Å²) in [6.45, 7) is 4.71. The van der Waals surface area contributed by atoms with Gasteiger partial charge in [-0.25, -0.2) is 0 Å². The van der Waals surface area contributed by atoms with E-state index in [9.17, 15) is 0 Å². The van der Waals surface area contributed by atoms with E-state index in [1.807, 2.05) is 0 Å². The molecule has 3 rings (SSSR count). The number of thiol groups is 1. The first-order chi connectivity index (χ1) is 7.66. The van der Waals surface area contributed by atoms with Crippen LogP contribution in [0.3, 0.4) is 0 Å². The van der Waals surface area contributed by atoms with Crippen LogP contribution < -0.4 is 0 Å². The van der Waals surface area contributed by atoms with Gasteiger partial charge in [0.1, 0.15) is 0 Å². The van der Waals surface area contributed by atoms with Crippen molar-refractivity contribution in [1.29, 1.82) is 0 Å². The van der Waals surface area contributed by atoms with Crippen LogP contribution in [-0.4, -0.2) is 17.5 Å². The van der Waals surface area contributed by atoms with E-state index in [1.165, 1.54) is 32.1 Å². The predicted octanol–water partition coefficient (Wildman–Crippen LogP) is 3.53. The van der Waals surface area contributed by atoms with E-state index in [2.05, 4.69) is 13.8 Å². The van der Waals surface area contributed by atoms with Gasteiger partial charge >= 0.3 is 0 Å². The van der Waals surface area contributed by atoms with Crippen molar-refractivity contribution in [3.8, 4) is 0 Å². The minimum absolute atomic E-state index is 0.465. The Morgan fingerprint density at radius 1 is 1.00 bits per heavy atom. The predicted molar refractivity (Wildman–Crippen MR) is 69.8 cm³/mol. The average Bonchev–Trinajstić information content (AvgIpc) is 2.62.